The molecule has 0 aliphatic carbocycles. The van der Waals surface area contributed by atoms with Gasteiger partial charge in [0.1, 0.15) is 0 Å². The minimum absolute atomic E-state index is 0.00111. The minimum Gasteiger partial charge on any atom is -0.246 e. The lowest BCUT2D eigenvalue weighted by Crippen LogP contribution is -2.35. The Kier molecular flexibility index (Phi) is 7.30. The summed E-state index contributed by atoms with van der Waals surface area (Å²) in [5, 5.41) is 0. The van der Waals surface area contributed by atoms with E-state index < -0.39 is 0 Å². The molecule has 0 saturated carbocycles. The molecule has 0 spiro atoms. The van der Waals surface area contributed by atoms with E-state index in [1.807, 2.05) is 32.2 Å². The first-order valence-electron chi connectivity index (χ1n) is 9.31. The Hall–Kier alpha value is -0.890. The van der Waals surface area contributed by atoms with E-state index in [-0.39, 0.29) is 5.69 Å². The number of imidazole rings is 1. The van der Waals surface area contributed by atoms with Crippen molar-refractivity contribution in [2.45, 2.75) is 79.6 Å². The van der Waals surface area contributed by atoms with Crippen LogP contribution in [0.4, 0.5) is 0 Å². The van der Waals surface area contributed by atoms with Gasteiger partial charge in [-0.2, -0.15) is 0 Å². The van der Waals surface area contributed by atoms with Crippen molar-refractivity contribution in [1.82, 2.24) is 16.6 Å². The average Bonchev–Trinajstić information content (AvgIpc) is 2.80. The number of aromatic nitrogens is 2. The van der Waals surface area contributed by atoms with Gasteiger partial charge in [0.25, 0.3) is 0 Å². The van der Waals surface area contributed by atoms with E-state index in [4.69, 9.17) is 0 Å². The summed E-state index contributed by atoms with van der Waals surface area (Å²) in [6, 6.07) is 9.38. The Bertz CT molecular complexity index is 701. The fourth-order valence-corrected chi connectivity index (χ4v) is 4.98. The molecule has 0 bridgehead atoms. The zero-order valence-corrected chi connectivity index (χ0v) is 18.8. The Morgan fingerprint density at radius 2 is 1.00 bits per heavy atom. The lowest BCUT2D eigenvalue weighted by molar-refractivity contribution is 0.333. The first-order chi connectivity index (χ1) is 12.1. The standard InChI is InChI=1S/C19H32N4OS2/c1-13(2)20(14(3)4)25-22-17-11-9-10-12-18(17)23(19(22)24)26-21(15(5)6)16(7)8/h9-16H,1-8H3. The van der Waals surface area contributed by atoms with Crippen LogP contribution >= 0.6 is 24.3 Å². The second kappa shape index (κ2) is 8.87. The van der Waals surface area contributed by atoms with Crippen LogP contribution in [0.3, 0.4) is 0 Å². The summed E-state index contributed by atoms with van der Waals surface area (Å²) in [6.07, 6.45) is 0. The van der Waals surface area contributed by atoms with Gasteiger partial charge >= 0.3 is 5.69 Å². The summed E-state index contributed by atoms with van der Waals surface area (Å²) < 4.78 is 8.15. The van der Waals surface area contributed by atoms with Crippen molar-refractivity contribution in [2.75, 3.05) is 0 Å². The molecule has 26 heavy (non-hydrogen) atoms. The maximum absolute atomic E-state index is 13.3. The van der Waals surface area contributed by atoms with Gasteiger partial charge in [-0.05, 0) is 67.5 Å². The molecule has 0 unspecified atom stereocenters. The molecule has 0 saturated heterocycles. The van der Waals surface area contributed by atoms with Crippen LogP contribution in [0.15, 0.2) is 29.1 Å². The van der Waals surface area contributed by atoms with Crippen LogP contribution in [0.5, 0.6) is 0 Å². The lowest BCUT2D eigenvalue weighted by Gasteiger charge is -2.29. The first kappa shape index (κ1) is 21.4. The van der Waals surface area contributed by atoms with Gasteiger partial charge in [0.05, 0.1) is 11.0 Å². The van der Waals surface area contributed by atoms with E-state index in [9.17, 15) is 4.79 Å². The third-order valence-corrected chi connectivity index (χ3v) is 7.15. The van der Waals surface area contributed by atoms with Crippen LogP contribution in [-0.4, -0.2) is 40.7 Å². The van der Waals surface area contributed by atoms with Crippen LogP contribution in [-0.2, 0) is 0 Å². The van der Waals surface area contributed by atoms with Gasteiger partial charge in [-0.3, -0.25) is 0 Å². The van der Waals surface area contributed by atoms with E-state index >= 15 is 0 Å². The van der Waals surface area contributed by atoms with Crippen LogP contribution in [0.25, 0.3) is 11.0 Å². The van der Waals surface area contributed by atoms with Crippen molar-refractivity contribution >= 4 is 35.3 Å². The molecule has 2 aromatic rings. The molecular weight excluding hydrogens is 364 g/mol. The molecule has 5 nitrogen and oxygen atoms in total. The van der Waals surface area contributed by atoms with Crippen molar-refractivity contribution in [2.24, 2.45) is 0 Å². The third-order valence-electron chi connectivity index (χ3n) is 4.05. The zero-order valence-electron chi connectivity index (χ0n) is 17.1. The van der Waals surface area contributed by atoms with Crippen molar-refractivity contribution in [1.29, 1.82) is 0 Å². The molecule has 0 aliphatic rings. The average molecular weight is 397 g/mol. The van der Waals surface area contributed by atoms with Gasteiger partial charge in [0.2, 0.25) is 0 Å². The number of benzene rings is 1. The molecule has 1 aromatic heterocycles. The first-order valence-corrected chi connectivity index (χ1v) is 10.8. The summed E-state index contributed by atoms with van der Waals surface area (Å²) in [4.78, 5) is 13.3. The minimum atomic E-state index is -0.00111. The normalized spacial score (nSPS) is 12.8. The molecule has 1 aromatic carbocycles. The zero-order chi connectivity index (χ0) is 19.6. The SMILES string of the molecule is CC(C)N(Sn1c(=O)n(SN(C(C)C)C(C)C)c2ccccc21)C(C)C. The number of hydrogen-bond donors (Lipinski definition) is 0. The van der Waals surface area contributed by atoms with Crippen LogP contribution in [0.2, 0.25) is 0 Å². The highest BCUT2D eigenvalue weighted by Gasteiger charge is 2.23. The maximum Gasteiger partial charge on any atom is 0.351 e. The smallest absolute Gasteiger partial charge is 0.246 e. The lowest BCUT2D eigenvalue weighted by atomic mass is 10.3. The van der Waals surface area contributed by atoms with E-state index in [1.165, 1.54) is 24.3 Å². The molecular formula is C19H32N4OS2. The van der Waals surface area contributed by atoms with E-state index in [0.29, 0.717) is 24.2 Å². The van der Waals surface area contributed by atoms with Crippen molar-refractivity contribution in [3.63, 3.8) is 0 Å². The molecule has 146 valence electrons. The maximum atomic E-state index is 13.3. The highest BCUT2D eigenvalue weighted by molar-refractivity contribution is 7.96. The van der Waals surface area contributed by atoms with Crippen molar-refractivity contribution < 1.29 is 0 Å². The molecule has 0 aliphatic heterocycles. The van der Waals surface area contributed by atoms with E-state index in [1.54, 1.807) is 0 Å². The van der Waals surface area contributed by atoms with Crippen LogP contribution in [0.1, 0.15) is 55.4 Å². The van der Waals surface area contributed by atoms with Gasteiger partial charge < -0.3 is 0 Å². The van der Waals surface area contributed by atoms with Gasteiger partial charge in [-0.25, -0.2) is 21.3 Å². The second-order valence-electron chi connectivity index (χ2n) is 7.62. The second-order valence-corrected chi connectivity index (χ2v) is 9.52. The van der Waals surface area contributed by atoms with Crippen molar-refractivity contribution in [3.05, 3.63) is 34.7 Å². The molecule has 0 N–H and O–H groups in total. The molecule has 0 atom stereocenters. The Balaban J connectivity index is 2.53. The fraction of sp³-hybridized carbons (Fsp3) is 0.632. The fourth-order valence-electron chi connectivity index (χ4n) is 3.01. The van der Waals surface area contributed by atoms with Gasteiger partial charge in [-0.15, -0.1) is 0 Å². The number of para-hydroxylation sites is 2. The highest BCUT2D eigenvalue weighted by atomic mass is 32.2. The largest absolute Gasteiger partial charge is 0.351 e. The van der Waals surface area contributed by atoms with Gasteiger partial charge in [-0.1, -0.05) is 12.1 Å². The molecule has 0 radical (unpaired) electrons. The predicted molar refractivity (Wildman–Crippen MR) is 116 cm³/mol. The number of hydrogen-bond acceptors (Lipinski definition) is 5. The van der Waals surface area contributed by atoms with Crippen LogP contribution in [0, 0.1) is 0 Å². The molecule has 1 heterocycles. The third kappa shape index (κ3) is 4.50. The van der Waals surface area contributed by atoms with Crippen molar-refractivity contribution in [3.8, 4) is 0 Å². The Morgan fingerprint density at radius 3 is 1.27 bits per heavy atom. The monoisotopic (exact) mass is 396 g/mol. The van der Waals surface area contributed by atoms with E-state index in [0.717, 1.165) is 11.0 Å². The summed E-state index contributed by atoms with van der Waals surface area (Å²) in [6.45, 7) is 17.3. The Morgan fingerprint density at radius 1 is 0.692 bits per heavy atom. The molecule has 0 amide bonds. The quantitative estimate of drug-likeness (QED) is 0.595. The van der Waals surface area contributed by atoms with Gasteiger partial charge in [0.15, 0.2) is 0 Å². The summed E-state index contributed by atoms with van der Waals surface area (Å²) in [5.74, 6) is 0. The Labute approximate surface area is 166 Å². The predicted octanol–water partition coefficient (Wildman–Crippen LogP) is 4.86. The summed E-state index contributed by atoms with van der Waals surface area (Å²) in [5.41, 5.74) is 1.90. The molecule has 2 rings (SSSR count). The number of fused-ring (bicyclic) bond motifs is 1. The molecule has 0 fully saturated rings. The van der Waals surface area contributed by atoms with Crippen LogP contribution < -0.4 is 5.69 Å². The summed E-state index contributed by atoms with van der Waals surface area (Å²) in [7, 11) is 0. The summed E-state index contributed by atoms with van der Waals surface area (Å²) >= 11 is 3.02. The van der Waals surface area contributed by atoms with E-state index in [2.05, 4.69) is 64.0 Å². The molecule has 7 heteroatoms. The number of nitrogens with zero attached hydrogens (tertiary/aromatic N) is 4. The topological polar surface area (TPSA) is 33.4 Å². The highest BCUT2D eigenvalue weighted by Crippen LogP contribution is 2.28. The van der Waals surface area contributed by atoms with Gasteiger partial charge in [0, 0.05) is 48.4 Å². The number of rotatable bonds is 8.